The van der Waals surface area contributed by atoms with Crippen LogP contribution in [0.5, 0.6) is 5.75 Å². The summed E-state index contributed by atoms with van der Waals surface area (Å²) in [7, 11) is 3.64. The van der Waals surface area contributed by atoms with Crippen molar-refractivity contribution in [2.24, 2.45) is 12.8 Å². The highest BCUT2D eigenvalue weighted by Crippen LogP contribution is 2.33. The molecule has 0 aliphatic carbocycles. The molecule has 4 aromatic rings. The van der Waals surface area contributed by atoms with E-state index in [0.29, 0.717) is 17.9 Å². The maximum Gasteiger partial charge on any atom is 0.249 e. The second kappa shape index (κ2) is 11.7. The monoisotopic (exact) mass is 507 g/mol. The summed E-state index contributed by atoms with van der Waals surface area (Å²) in [4.78, 5) is 18.6. The Kier molecular flexibility index (Phi) is 8.12. The lowest BCUT2D eigenvalue weighted by atomic mass is 9.96. The van der Waals surface area contributed by atoms with Crippen molar-refractivity contribution < 1.29 is 9.53 Å². The fourth-order valence-corrected chi connectivity index (χ4v) is 4.85. The second-order valence-corrected chi connectivity index (χ2v) is 9.53. The van der Waals surface area contributed by atoms with Gasteiger partial charge < -0.3 is 19.9 Å². The second-order valence-electron chi connectivity index (χ2n) is 9.53. The van der Waals surface area contributed by atoms with E-state index in [-0.39, 0.29) is 0 Å². The zero-order valence-corrected chi connectivity index (χ0v) is 22.4. The number of imidazole rings is 1. The first-order valence-corrected chi connectivity index (χ1v) is 12.6. The van der Waals surface area contributed by atoms with Crippen LogP contribution in [0.15, 0.2) is 67.1 Å². The molecule has 7 nitrogen and oxygen atoms in total. The van der Waals surface area contributed by atoms with Crippen LogP contribution in [0, 0.1) is 25.2 Å². The Labute approximate surface area is 224 Å². The van der Waals surface area contributed by atoms with Crippen molar-refractivity contribution in [3.8, 4) is 22.9 Å². The van der Waals surface area contributed by atoms with Gasteiger partial charge in [-0.3, -0.25) is 4.79 Å². The van der Waals surface area contributed by atoms with Gasteiger partial charge in [0.1, 0.15) is 5.75 Å². The van der Waals surface area contributed by atoms with Gasteiger partial charge in [0.2, 0.25) is 5.91 Å². The third-order valence-corrected chi connectivity index (χ3v) is 6.91. The molecule has 0 atom stereocenters. The number of hydrogen-bond donors (Lipinski definition) is 1. The van der Waals surface area contributed by atoms with Crippen LogP contribution in [0.2, 0.25) is 0 Å². The zero-order valence-electron chi connectivity index (χ0n) is 22.4. The van der Waals surface area contributed by atoms with E-state index in [9.17, 15) is 10.1 Å². The lowest BCUT2D eigenvalue weighted by molar-refractivity contribution is 0.100. The van der Waals surface area contributed by atoms with Gasteiger partial charge in [0.15, 0.2) is 0 Å². The number of ether oxygens (including phenoxy) is 1. The minimum Gasteiger partial charge on any atom is -0.496 e. The highest BCUT2D eigenvalue weighted by atomic mass is 16.5. The van der Waals surface area contributed by atoms with E-state index >= 15 is 0 Å². The first-order chi connectivity index (χ1) is 18.3. The SMILES string of the molecule is COc1cc(CCCN(Cc2cncn2C)c2cc(C)c(C#N)c(C)c2)ccc1-c1ccccc1C(N)=O. The average Bonchev–Trinajstić information content (AvgIpc) is 3.31. The summed E-state index contributed by atoms with van der Waals surface area (Å²) in [6, 6.07) is 19.9. The fourth-order valence-electron chi connectivity index (χ4n) is 4.85. The van der Waals surface area contributed by atoms with E-state index in [1.807, 2.05) is 62.3 Å². The van der Waals surface area contributed by atoms with E-state index in [1.165, 1.54) is 0 Å². The normalized spacial score (nSPS) is 10.7. The Morgan fingerprint density at radius 2 is 1.84 bits per heavy atom. The van der Waals surface area contributed by atoms with Gasteiger partial charge in [-0.15, -0.1) is 0 Å². The lowest BCUT2D eigenvalue weighted by Crippen LogP contribution is -2.25. The molecule has 0 radical (unpaired) electrons. The molecule has 0 saturated heterocycles. The molecule has 0 spiro atoms. The molecule has 194 valence electrons. The minimum atomic E-state index is -0.464. The lowest BCUT2D eigenvalue weighted by Gasteiger charge is -2.26. The maximum atomic E-state index is 12.0. The zero-order chi connectivity index (χ0) is 27.2. The van der Waals surface area contributed by atoms with Crippen LogP contribution in [0.1, 0.15) is 44.7 Å². The van der Waals surface area contributed by atoms with Gasteiger partial charge in [-0.05, 0) is 73.2 Å². The van der Waals surface area contributed by atoms with Crippen molar-refractivity contribution in [1.82, 2.24) is 9.55 Å². The topological polar surface area (TPSA) is 97.2 Å². The largest absolute Gasteiger partial charge is 0.496 e. The molecule has 4 rings (SSSR count). The number of benzene rings is 3. The van der Waals surface area contributed by atoms with Crippen LogP contribution in [-0.4, -0.2) is 29.1 Å². The number of rotatable bonds is 10. The van der Waals surface area contributed by atoms with Crippen LogP contribution in [-0.2, 0) is 20.0 Å². The number of nitrogens with two attached hydrogens (primary N) is 1. The molecule has 0 bridgehead atoms. The number of methoxy groups -OCH3 is 1. The summed E-state index contributed by atoms with van der Waals surface area (Å²) in [5, 5.41) is 9.51. The van der Waals surface area contributed by atoms with Crippen molar-refractivity contribution in [2.45, 2.75) is 33.2 Å². The Morgan fingerprint density at radius 1 is 1.11 bits per heavy atom. The Hall–Kier alpha value is -4.57. The third-order valence-electron chi connectivity index (χ3n) is 6.91. The molecule has 0 unspecified atom stereocenters. The number of carbonyl (C=O) groups is 1. The quantitative estimate of drug-likeness (QED) is 0.313. The van der Waals surface area contributed by atoms with Crippen molar-refractivity contribution in [2.75, 3.05) is 18.6 Å². The van der Waals surface area contributed by atoms with Gasteiger partial charge in [-0.2, -0.15) is 5.26 Å². The summed E-state index contributed by atoms with van der Waals surface area (Å²) in [5.41, 5.74) is 13.7. The van der Waals surface area contributed by atoms with E-state index < -0.39 is 5.91 Å². The number of primary amides is 1. The summed E-state index contributed by atoms with van der Waals surface area (Å²) < 4.78 is 7.74. The van der Waals surface area contributed by atoms with Gasteiger partial charge in [-0.25, -0.2) is 4.98 Å². The Morgan fingerprint density at radius 3 is 2.47 bits per heavy atom. The highest BCUT2D eigenvalue weighted by molar-refractivity contribution is 6.00. The fraction of sp³-hybridized carbons (Fsp3) is 0.258. The Bertz CT molecular complexity index is 1480. The van der Waals surface area contributed by atoms with Gasteiger partial charge in [-0.1, -0.05) is 30.3 Å². The first-order valence-electron chi connectivity index (χ1n) is 12.6. The van der Waals surface area contributed by atoms with Crippen molar-refractivity contribution in [3.63, 3.8) is 0 Å². The smallest absolute Gasteiger partial charge is 0.249 e. The predicted octanol–water partition coefficient (Wildman–Crippen LogP) is 5.32. The number of aryl methyl sites for hydroxylation is 4. The van der Waals surface area contributed by atoms with E-state index in [4.69, 9.17) is 10.5 Å². The van der Waals surface area contributed by atoms with Crippen LogP contribution < -0.4 is 15.4 Å². The van der Waals surface area contributed by atoms with Crippen molar-refractivity contribution in [1.29, 1.82) is 5.26 Å². The summed E-state index contributed by atoms with van der Waals surface area (Å²) in [6.07, 6.45) is 5.47. The summed E-state index contributed by atoms with van der Waals surface area (Å²) in [5.74, 6) is 0.245. The molecule has 1 aromatic heterocycles. The van der Waals surface area contributed by atoms with Gasteiger partial charge >= 0.3 is 0 Å². The first kappa shape index (κ1) is 26.5. The molecule has 0 aliphatic heterocycles. The molecule has 0 aliphatic rings. The van der Waals surface area contributed by atoms with Gasteiger partial charge in [0.25, 0.3) is 0 Å². The highest BCUT2D eigenvalue weighted by Gasteiger charge is 2.16. The molecular weight excluding hydrogens is 474 g/mol. The molecule has 3 aromatic carbocycles. The van der Waals surface area contributed by atoms with Crippen LogP contribution >= 0.6 is 0 Å². The molecule has 0 saturated carbocycles. The molecule has 7 heteroatoms. The average molecular weight is 508 g/mol. The summed E-state index contributed by atoms with van der Waals surface area (Å²) in [6.45, 7) is 5.51. The summed E-state index contributed by atoms with van der Waals surface area (Å²) >= 11 is 0. The van der Waals surface area contributed by atoms with E-state index in [0.717, 1.165) is 64.1 Å². The van der Waals surface area contributed by atoms with E-state index in [2.05, 4.69) is 34.2 Å². The van der Waals surface area contributed by atoms with Crippen molar-refractivity contribution >= 4 is 11.6 Å². The third kappa shape index (κ3) is 5.70. The van der Waals surface area contributed by atoms with Gasteiger partial charge in [0, 0.05) is 36.6 Å². The Balaban J connectivity index is 1.55. The molecule has 38 heavy (non-hydrogen) atoms. The van der Waals surface area contributed by atoms with Crippen LogP contribution in [0.4, 0.5) is 5.69 Å². The van der Waals surface area contributed by atoms with Crippen LogP contribution in [0.25, 0.3) is 11.1 Å². The maximum absolute atomic E-state index is 12.0. The molecular formula is C31H33N5O2. The standard InChI is InChI=1S/C31H33N5O2/c1-21-14-24(15-22(2)29(21)17-32)36(19-25-18-34-20-35(25)3)13-7-8-23-11-12-27(30(16-23)38-4)26-9-5-6-10-28(26)31(33)37/h5-6,9-12,14-16,18,20H,7-8,13,19H2,1-4H3,(H2,33,37). The molecule has 1 heterocycles. The number of nitriles is 1. The number of hydrogen-bond acceptors (Lipinski definition) is 5. The van der Waals surface area contributed by atoms with Crippen LogP contribution in [0.3, 0.4) is 0 Å². The molecule has 1 amide bonds. The number of nitrogens with zero attached hydrogens (tertiary/aromatic N) is 4. The molecule has 2 N–H and O–H groups in total. The van der Waals surface area contributed by atoms with E-state index in [1.54, 1.807) is 19.2 Å². The number of amides is 1. The van der Waals surface area contributed by atoms with Crippen molar-refractivity contribution in [3.05, 3.63) is 101 Å². The number of carbonyl (C=O) groups excluding carboxylic acids is 1. The number of anilines is 1. The minimum absolute atomic E-state index is 0.464. The predicted molar refractivity (Wildman–Crippen MR) is 150 cm³/mol. The number of aromatic nitrogens is 2. The van der Waals surface area contributed by atoms with Gasteiger partial charge in [0.05, 0.1) is 37.3 Å². The molecule has 0 fully saturated rings.